The minimum atomic E-state index is -0.942. The zero-order valence-corrected chi connectivity index (χ0v) is 10.0. The topological polar surface area (TPSA) is 101 Å². The SMILES string of the molecule is O=CNC(NC=O)c1cc(Br)ccc1[N+](=O)[O-]. The fourth-order valence-electron chi connectivity index (χ4n) is 1.29. The molecule has 1 aromatic carbocycles. The third-order valence-corrected chi connectivity index (χ3v) is 2.46. The van der Waals surface area contributed by atoms with Gasteiger partial charge in [0.25, 0.3) is 5.69 Å². The van der Waals surface area contributed by atoms with Gasteiger partial charge in [0.1, 0.15) is 6.17 Å². The maximum atomic E-state index is 10.8. The number of carbonyl (C=O) groups excluding carboxylic acids is 2. The fourth-order valence-corrected chi connectivity index (χ4v) is 1.67. The van der Waals surface area contributed by atoms with Crippen molar-refractivity contribution in [2.45, 2.75) is 6.17 Å². The number of amides is 2. The predicted molar refractivity (Wildman–Crippen MR) is 61.9 cm³/mol. The van der Waals surface area contributed by atoms with Crippen LogP contribution < -0.4 is 10.6 Å². The van der Waals surface area contributed by atoms with Crippen molar-refractivity contribution in [1.82, 2.24) is 10.6 Å². The molecule has 1 rings (SSSR count). The van der Waals surface area contributed by atoms with Crippen LogP contribution in [-0.4, -0.2) is 17.7 Å². The Labute approximate surface area is 104 Å². The first kappa shape index (κ1) is 13.1. The molecule has 0 fully saturated rings. The van der Waals surface area contributed by atoms with Gasteiger partial charge in [-0.25, -0.2) is 0 Å². The molecule has 0 aliphatic carbocycles. The highest BCUT2D eigenvalue weighted by atomic mass is 79.9. The van der Waals surface area contributed by atoms with E-state index in [0.717, 1.165) is 0 Å². The Hall–Kier alpha value is -1.96. The molecule has 0 bridgehead atoms. The van der Waals surface area contributed by atoms with E-state index < -0.39 is 11.1 Å². The maximum Gasteiger partial charge on any atom is 0.276 e. The van der Waals surface area contributed by atoms with Crippen LogP contribution in [0.4, 0.5) is 5.69 Å². The summed E-state index contributed by atoms with van der Waals surface area (Å²) in [5.74, 6) is 0. The van der Waals surface area contributed by atoms with E-state index in [2.05, 4.69) is 26.6 Å². The Morgan fingerprint density at radius 2 is 1.88 bits per heavy atom. The normalized spacial score (nSPS) is 9.76. The van der Waals surface area contributed by atoms with Crippen molar-refractivity contribution in [2.75, 3.05) is 0 Å². The van der Waals surface area contributed by atoms with Crippen molar-refractivity contribution in [3.63, 3.8) is 0 Å². The monoisotopic (exact) mass is 301 g/mol. The zero-order valence-electron chi connectivity index (χ0n) is 8.42. The van der Waals surface area contributed by atoms with E-state index in [1.54, 1.807) is 0 Å². The fraction of sp³-hybridized carbons (Fsp3) is 0.111. The Morgan fingerprint density at radius 1 is 1.29 bits per heavy atom. The Balaban J connectivity index is 3.22. The van der Waals surface area contributed by atoms with Crippen molar-refractivity contribution < 1.29 is 14.5 Å². The Kier molecular flexibility index (Phi) is 4.58. The quantitative estimate of drug-likeness (QED) is 0.352. The molecule has 0 aromatic heterocycles. The summed E-state index contributed by atoms with van der Waals surface area (Å²) >= 11 is 3.16. The minimum Gasteiger partial charge on any atom is -0.334 e. The Bertz CT molecular complexity index is 442. The van der Waals surface area contributed by atoms with Gasteiger partial charge in [0.05, 0.1) is 10.5 Å². The number of nitro groups is 1. The van der Waals surface area contributed by atoms with Gasteiger partial charge in [0.2, 0.25) is 12.8 Å². The Morgan fingerprint density at radius 3 is 2.35 bits per heavy atom. The third kappa shape index (κ3) is 3.25. The maximum absolute atomic E-state index is 10.8. The molecule has 90 valence electrons. The average molecular weight is 302 g/mol. The third-order valence-electron chi connectivity index (χ3n) is 1.97. The van der Waals surface area contributed by atoms with Crippen LogP contribution in [0.5, 0.6) is 0 Å². The van der Waals surface area contributed by atoms with E-state index in [4.69, 9.17) is 0 Å². The molecule has 0 saturated carbocycles. The van der Waals surface area contributed by atoms with Crippen LogP contribution in [0, 0.1) is 10.1 Å². The van der Waals surface area contributed by atoms with Gasteiger partial charge < -0.3 is 10.6 Å². The van der Waals surface area contributed by atoms with Gasteiger partial charge in [-0.1, -0.05) is 15.9 Å². The van der Waals surface area contributed by atoms with Crippen LogP contribution in [0.3, 0.4) is 0 Å². The molecule has 0 atom stereocenters. The zero-order chi connectivity index (χ0) is 12.8. The van der Waals surface area contributed by atoms with Gasteiger partial charge in [-0.3, -0.25) is 19.7 Å². The van der Waals surface area contributed by atoms with E-state index in [0.29, 0.717) is 17.3 Å². The van der Waals surface area contributed by atoms with Crippen LogP contribution in [0.15, 0.2) is 22.7 Å². The van der Waals surface area contributed by atoms with Gasteiger partial charge in [0, 0.05) is 10.5 Å². The minimum absolute atomic E-state index is 0.184. The number of nitro benzene ring substituents is 1. The lowest BCUT2D eigenvalue weighted by molar-refractivity contribution is -0.385. The lowest BCUT2D eigenvalue weighted by Crippen LogP contribution is -2.33. The van der Waals surface area contributed by atoms with E-state index in [1.165, 1.54) is 18.2 Å². The predicted octanol–water partition coefficient (Wildman–Crippen LogP) is 0.848. The summed E-state index contributed by atoms with van der Waals surface area (Å²) in [6, 6.07) is 4.24. The van der Waals surface area contributed by atoms with Gasteiger partial charge in [-0.05, 0) is 12.1 Å². The number of benzene rings is 1. The van der Waals surface area contributed by atoms with Crippen LogP contribution >= 0.6 is 15.9 Å². The van der Waals surface area contributed by atoms with Crippen molar-refractivity contribution in [3.8, 4) is 0 Å². The molecule has 1 aromatic rings. The summed E-state index contributed by atoms with van der Waals surface area (Å²) < 4.78 is 0.600. The molecule has 0 radical (unpaired) electrons. The summed E-state index contributed by atoms with van der Waals surface area (Å²) in [7, 11) is 0. The first-order valence-electron chi connectivity index (χ1n) is 4.43. The van der Waals surface area contributed by atoms with Crippen molar-refractivity contribution >= 4 is 34.4 Å². The highest BCUT2D eigenvalue weighted by Gasteiger charge is 2.21. The highest BCUT2D eigenvalue weighted by Crippen LogP contribution is 2.26. The molecule has 2 amide bonds. The molecule has 0 aliphatic heterocycles. The van der Waals surface area contributed by atoms with Crippen molar-refractivity contribution in [3.05, 3.63) is 38.3 Å². The average Bonchev–Trinajstić information content (AvgIpc) is 2.28. The molecular weight excluding hydrogens is 294 g/mol. The molecule has 7 nitrogen and oxygen atoms in total. The molecule has 0 spiro atoms. The number of carbonyl (C=O) groups is 2. The van der Waals surface area contributed by atoms with Crippen LogP contribution in [0.2, 0.25) is 0 Å². The van der Waals surface area contributed by atoms with Gasteiger partial charge >= 0.3 is 0 Å². The lowest BCUT2D eigenvalue weighted by Gasteiger charge is -2.15. The molecule has 0 saturated heterocycles. The smallest absolute Gasteiger partial charge is 0.276 e. The first-order chi connectivity index (χ1) is 8.10. The summed E-state index contributed by atoms with van der Waals surface area (Å²) in [5, 5.41) is 15.4. The summed E-state index contributed by atoms with van der Waals surface area (Å²) in [6.45, 7) is 0. The molecular formula is C9H8BrN3O4. The molecule has 0 unspecified atom stereocenters. The molecule has 2 N–H and O–H groups in total. The van der Waals surface area contributed by atoms with E-state index in [-0.39, 0.29) is 11.3 Å². The first-order valence-corrected chi connectivity index (χ1v) is 5.22. The van der Waals surface area contributed by atoms with E-state index in [9.17, 15) is 19.7 Å². The largest absolute Gasteiger partial charge is 0.334 e. The van der Waals surface area contributed by atoms with Crippen LogP contribution in [-0.2, 0) is 9.59 Å². The molecule has 17 heavy (non-hydrogen) atoms. The highest BCUT2D eigenvalue weighted by molar-refractivity contribution is 9.10. The number of nitrogens with zero attached hydrogens (tertiary/aromatic N) is 1. The molecule has 0 heterocycles. The standard InChI is InChI=1S/C9H8BrN3O4/c10-6-1-2-8(13(16)17)7(3-6)9(11-4-14)12-5-15/h1-5,9H,(H,11,14)(H,12,15). The van der Waals surface area contributed by atoms with Crippen molar-refractivity contribution in [2.24, 2.45) is 0 Å². The number of halogens is 1. The van der Waals surface area contributed by atoms with Gasteiger partial charge in [-0.15, -0.1) is 0 Å². The van der Waals surface area contributed by atoms with E-state index in [1.807, 2.05) is 0 Å². The van der Waals surface area contributed by atoms with Gasteiger partial charge in [-0.2, -0.15) is 0 Å². The van der Waals surface area contributed by atoms with E-state index >= 15 is 0 Å². The van der Waals surface area contributed by atoms with Crippen LogP contribution in [0.25, 0.3) is 0 Å². The van der Waals surface area contributed by atoms with Crippen LogP contribution in [0.1, 0.15) is 11.7 Å². The summed E-state index contributed by atoms with van der Waals surface area (Å²) in [6.07, 6.45) is -0.236. The number of nitrogens with one attached hydrogen (secondary N) is 2. The molecule has 8 heteroatoms. The number of hydrogen-bond acceptors (Lipinski definition) is 4. The molecule has 0 aliphatic rings. The van der Waals surface area contributed by atoms with Crippen molar-refractivity contribution in [1.29, 1.82) is 0 Å². The lowest BCUT2D eigenvalue weighted by atomic mass is 10.1. The second-order valence-corrected chi connectivity index (χ2v) is 3.88. The second-order valence-electron chi connectivity index (χ2n) is 2.96. The van der Waals surface area contributed by atoms with Gasteiger partial charge in [0.15, 0.2) is 0 Å². The second kappa shape index (κ2) is 5.94. The summed E-state index contributed by atoms with van der Waals surface area (Å²) in [5.41, 5.74) is -0.00882. The number of hydrogen-bond donors (Lipinski definition) is 2. The number of rotatable bonds is 6. The summed E-state index contributed by atoms with van der Waals surface area (Å²) in [4.78, 5) is 31.0.